The third-order valence-electron chi connectivity index (χ3n) is 3.97. The Morgan fingerprint density at radius 3 is 2.48 bits per heavy atom. The van der Waals surface area contributed by atoms with E-state index in [0.29, 0.717) is 12.1 Å². The first-order chi connectivity index (χ1) is 10.8. The summed E-state index contributed by atoms with van der Waals surface area (Å²) in [7, 11) is 1.13. The molecule has 0 saturated carbocycles. The summed E-state index contributed by atoms with van der Waals surface area (Å²) in [4.78, 5) is 12.4. The molecule has 1 aliphatic rings. The van der Waals surface area contributed by atoms with Gasteiger partial charge in [-0.15, -0.1) is 0 Å². The number of nitrogens with zero attached hydrogens (tertiary/aromatic N) is 1. The van der Waals surface area contributed by atoms with E-state index in [0.717, 1.165) is 22.2 Å². The molecule has 0 radical (unpaired) electrons. The molecule has 0 spiro atoms. The van der Waals surface area contributed by atoms with Crippen molar-refractivity contribution in [3.8, 4) is 0 Å². The molecule has 1 aromatic carbocycles. The van der Waals surface area contributed by atoms with Crippen LogP contribution in [0.25, 0.3) is 0 Å². The highest BCUT2D eigenvalue weighted by molar-refractivity contribution is 7.99. The van der Waals surface area contributed by atoms with E-state index in [-0.39, 0.29) is 16.4 Å². The fourth-order valence-electron chi connectivity index (χ4n) is 2.29. The van der Waals surface area contributed by atoms with Crippen LogP contribution < -0.4 is 5.32 Å². The topological polar surface area (TPSA) is 75.7 Å². The summed E-state index contributed by atoms with van der Waals surface area (Å²) in [5.41, 5.74) is 0.133. The quantitative estimate of drug-likeness (QED) is 0.827. The maximum Gasteiger partial charge on any atom is 0.251 e. The molecule has 0 aliphatic carbocycles. The molecule has 128 valence electrons. The number of thioether (sulfide) groups is 1. The van der Waals surface area contributed by atoms with Crippen LogP contribution in [0.15, 0.2) is 29.2 Å². The van der Waals surface area contributed by atoms with Gasteiger partial charge in [-0.1, -0.05) is 0 Å². The number of nitrogens with one attached hydrogen (secondary N) is 1. The number of carbonyl (C=O) groups excluding carboxylic acids is 1. The monoisotopic (exact) mass is 358 g/mol. The average Bonchev–Trinajstić information content (AvgIpc) is 3.02. The molecule has 1 atom stereocenters. The van der Waals surface area contributed by atoms with Crippen molar-refractivity contribution in [1.82, 2.24) is 9.62 Å². The lowest BCUT2D eigenvalue weighted by atomic mass is 10.0. The molecule has 0 unspecified atom stereocenters. The minimum Gasteiger partial charge on any atom is -0.376 e. The molecule has 2 rings (SSSR count). The number of hydrogen-bond acceptors (Lipinski definition) is 5. The van der Waals surface area contributed by atoms with Gasteiger partial charge < -0.3 is 10.1 Å². The molecule has 1 heterocycles. The van der Waals surface area contributed by atoms with Gasteiger partial charge in [-0.05, 0) is 36.4 Å². The predicted octanol–water partition coefficient (Wildman–Crippen LogP) is 1.19. The fourth-order valence-corrected chi connectivity index (χ4v) is 4.59. The van der Waals surface area contributed by atoms with E-state index in [1.165, 1.54) is 38.4 Å². The molecule has 1 aromatic rings. The number of ether oxygens (including phenoxy) is 1. The average molecular weight is 358 g/mol. The number of carbonyl (C=O) groups is 1. The lowest BCUT2D eigenvalue weighted by Gasteiger charge is -2.26. The van der Waals surface area contributed by atoms with Gasteiger partial charge in [-0.2, -0.15) is 11.8 Å². The maximum atomic E-state index is 12.2. The van der Waals surface area contributed by atoms with Crippen molar-refractivity contribution in [2.75, 3.05) is 39.3 Å². The van der Waals surface area contributed by atoms with Gasteiger partial charge in [0.05, 0.1) is 10.5 Å². The molecule has 23 heavy (non-hydrogen) atoms. The smallest absolute Gasteiger partial charge is 0.251 e. The number of amides is 1. The normalized spacial score (nSPS) is 21.6. The molecular weight excluding hydrogens is 336 g/mol. The molecule has 0 bridgehead atoms. The number of hydrogen-bond donors (Lipinski definition) is 1. The van der Waals surface area contributed by atoms with Crippen LogP contribution in [0.4, 0.5) is 0 Å². The zero-order valence-corrected chi connectivity index (χ0v) is 15.2. The van der Waals surface area contributed by atoms with Gasteiger partial charge in [0.15, 0.2) is 0 Å². The van der Waals surface area contributed by atoms with Gasteiger partial charge in [0.2, 0.25) is 10.0 Å². The summed E-state index contributed by atoms with van der Waals surface area (Å²) in [6.45, 7) is 0.451. The van der Waals surface area contributed by atoms with Gasteiger partial charge >= 0.3 is 0 Å². The van der Waals surface area contributed by atoms with E-state index < -0.39 is 10.0 Å². The van der Waals surface area contributed by atoms with Crippen molar-refractivity contribution in [3.05, 3.63) is 29.8 Å². The van der Waals surface area contributed by atoms with Crippen molar-refractivity contribution < 1.29 is 17.9 Å². The van der Waals surface area contributed by atoms with Crippen molar-refractivity contribution in [3.63, 3.8) is 0 Å². The van der Waals surface area contributed by atoms with Crippen LogP contribution in [0.5, 0.6) is 0 Å². The Balaban J connectivity index is 2.03. The minimum atomic E-state index is -3.48. The number of sulfonamides is 1. The summed E-state index contributed by atoms with van der Waals surface area (Å²) in [6, 6.07) is 5.94. The van der Waals surface area contributed by atoms with E-state index in [1.807, 2.05) is 11.8 Å². The summed E-state index contributed by atoms with van der Waals surface area (Å²) in [5.74, 6) is 1.66. The SMILES string of the molecule is CO[C@]1(CNC(=O)c2ccc(S(=O)(=O)N(C)C)cc2)CCSC1. The van der Waals surface area contributed by atoms with Crippen LogP contribution in [0.3, 0.4) is 0 Å². The highest BCUT2D eigenvalue weighted by Gasteiger charge is 2.34. The highest BCUT2D eigenvalue weighted by atomic mass is 32.2. The molecule has 1 fully saturated rings. The van der Waals surface area contributed by atoms with Crippen LogP contribution in [0.1, 0.15) is 16.8 Å². The molecule has 1 aliphatic heterocycles. The van der Waals surface area contributed by atoms with E-state index in [4.69, 9.17) is 4.74 Å². The van der Waals surface area contributed by atoms with Gasteiger partial charge in [0.25, 0.3) is 5.91 Å². The summed E-state index contributed by atoms with van der Waals surface area (Å²) < 4.78 is 30.7. The van der Waals surface area contributed by atoms with Crippen LogP contribution in [0, 0.1) is 0 Å². The Morgan fingerprint density at radius 1 is 1.35 bits per heavy atom. The molecule has 1 saturated heterocycles. The zero-order valence-electron chi connectivity index (χ0n) is 13.5. The summed E-state index contributed by atoms with van der Waals surface area (Å²) in [5, 5.41) is 2.88. The zero-order chi connectivity index (χ0) is 17.1. The Labute approximate surface area is 141 Å². The highest BCUT2D eigenvalue weighted by Crippen LogP contribution is 2.30. The lowest BCUT2D eigenvalue weighted by Crippen LogP contribution is -2.44. The second-order valence-electron chi connectivity index (χ2n) is 5.68. The lowest BCUT2D eigenvalue weighted by molar-refractivity contribution is 0.0137. The number of rotatable bonds is 6. The predicted molar refractivity (Wildman–Crippen MR) is 91.3 cm³/mol. The van der Waals surface area contributed by atoms with Crippen LogP contribution >= 0.6 is 11.8 Å². The van der Waals surface area contributed by atoms with Crippen molar-refractivity contribution >= 4 is 27.7 Å². The standard InChI is InChI=1S/C15H22N2O4S2/c1-17(2)23(19,20)13-6-4-12(5-7-13)14(18)16-10-15(21-3)8-9-22-11-15/h4-7H,8-11H2,1-3H3,(H,16,18)/t15-/m0/s1. The van der Waals surface area contributed by atoms with Crippen LogP contribution in [-0.4, -0.2) is 63.5 Å². The van der Waals surface area contributed by atoms with Crippen LogP contribution in [0.2, 0.25) is 0 Å². The first kappa shape index (κ1) is 18.3. The summed E-state index contributed by atoms with van der Waals surface area (Å²) in [6.07, 6.45) is 0.911. The van der Waals surface area contributed by atoms with E-state index in [1.54, 1.807) is 7.11 Å². The van der Waals surface area contributed by atoms with Gasteiger partial charge in [-0.25, -0.2) is 12.7 Å². The van der Waals surface area contributed by atoms with Gasteiger partial charge in [0, 0.05) is 39.1 Å². The largest absolute Gasteiger partial charge is 0.376 e. The van der Waals surface area contributed by atoms with Gasteiger partial charge in [0.1, 0.15) is 0 Å². The van der Waals surface area contributed by atoms with Crippen molar-refractivity contribution in [1.29, 1.82) is 0 Å². The van der Waals surface area contributed by atoms with Crippen LogP contribution in [-0.2, 0) is 14.8 Å². The fraction of sp³-hybridized carbons (Fsp3) is 0.533. The molecule has 8 heteroatoms. The second kappa shape index (κ2) is 7.21. The van der Waals surface area contributed by atoms with E-state index in [2.05, 4.69) is 5.32 Å². The number of methoxy groups -OCH3 is 1. The van der Waals surface area contributed by atoms with E-state index >= 15 is 0 Å². The maximum absolute atomic E-state index is 12.2. The second-order valence-corrected chi connectivity index (χ2v) is 8.94. The first-order valence-corrected chi connectivity index (χ1v) is 9.84. The van der Waals surface area contributed by atoms with Crippen molar-refractivity contribution in [2.45, 2.75) is 16.9 Å². The first-order valence-electron chi connectivity index (χ1n) is 7.24. The third-order valence-corrected chi connectivity index (χ3v) is 7.02. The number of benzene rings is 1. The Kier molecular flexibility index (Phi) is 5.72. The van der Waals surface area contributed by atoms with E-state index in [9.17, 15) is 13.2 Å². The molecule has 1 amide bonds. The van der Waals surface area contributed by atoms with Crippen molar-refractivity contribution in [2.24, 2.45) is 0 Å². The Morgan fingerprint density at radius 2 is 2.00 bits per heavy atom. The van der Waals surface area contributed by atoms with Gasteiger partial charge in [-0.3, -0.25) is 4.79 Å². The Bertz CT molecular complexity index is 651. The third kappa shape index (κ3) is 4.06. The molecule has 6 nitrogen and oxygen atoms in total. The summed E-state index contributed by atoms with van der Waals surface area (Å²) >= 11 is 1.81. The Hall–Kier alpha value is -1.09. The molecule has 1 N–H and O–H groups in total. The molecule has 0 aromatic heterocycles. The molecular formula is C15H22N2O4S2. The minimum absolute atomic E-state index is 0.166.